The molecule has 0 unspecified atom stereocenters. The molecule has 0 saturated carbocycles. The first-order valence-corrected chi connectivity index (χ1v) is 32.0. The van der Waals surface area contributed by atoms with Crippen LogP contribution in [0.25, 0.3) is 22.3 Å². The van der Waals surface area contributed by atoms with Gasteiger partial charge in [-0.25, -0.2) is 57.5 Å². The zero-order valence-electron chi connectivity index (χ0n) is 58.0. The van der Waals surface area contributed by atoms with E-state index < -0.39 is 71.6 Å². The van der Waals surface area contributed by atoms with Gasteiger partial charge in [0.15, 0.2) is 23.0 Å². The summed E-state index contributed by atoms with van der Waals surface area (Å²) in [6.07, 6.45) is 7.34. The van der Waals surface area contributed by atoms with E-state index in [1.165, 1.54) is 72.8 Å². The SMILES string of the molecule is C=CC(=O)Oc1ccc(C(=O)Oc2ccc(-c3ccc(OC(=O)C=C)cc3)cc2)cc1.C=CC(=O)Oc1ccc(C(=O)Oc2ccc(OC(=O)c3ccc(OC(=O)C=C)c(OC(=O)C=C)c3)cc2)cc1OC(=O)C=C.C=CC(=O)Oc1ccc(CCOC(=O)c2ccc(-c3ccc(OC(=O)C(=C)C)cc3)cc2)cc1. The summed E-state index contributed by atoms with van der Waals surface area (Å²) in [6, 6.07) is 53.7. The maximum atomic E-state index is 12.7. The summed E-state index contributed by atoms with van der Waals surface area (Å²) in [6.45, 7) is 28.5. The largest absolute Gasteiger partial charge is 0.462 e. The molecule has 0 fully saturated rings. The Morgan fingerprint density at radius 3 is 0.835 bits per heavy atom. The maximum absolute atomic E-state index is 12.7. The Morgan fingerprint density at radius 1 is 0.266 bits per heavy atom. The number of rotatable bonds is 28. The highest BCUT2D eigenvalue weighted by Crippen LogP contribution is 2.33. The molecule has 0 saturated heterocycles. The number of esters is 12. The van der Waals surface area contributed by atoms with Crippen molar-refractivity contribution < 1.29 is 114 Å². The van der Waals surface area contributed by atoms with Gasteiger partial charge in [0.25, 0.3) is 0 Å². The van der Waals surface area contributed by atoms with Gasteiger partial charge < -0.3 is 56.8 Å². The lowest BCUT2D eigenvalue weighted by atomic mass is 10.0. The van der Waals surface area contributed by atoms with E-state index in [0.717, 1.165) is 82.5 Å². The van der Waals surface area contributed by atoms with Gasteiger partial charge in [-0.05, 0) is 180 Å². The summed E-state index contributed by atoms with van der Waals surface area (Å²) in [5, 5.41) is 0. The van der Waals surface area contributed by atoms with E-state index in [4.69, 9.17) is 56.8 Å². The normalized spacial score (nSPS) is 9.95. The average Bonchev–Trinajstić information content (AvgIpc) is 0.826. The van der Waals surface area contributed by atoms with Crippen molar-refractivity contribution in [1.82, 2.24) is 0 Å². The van der Waals surface area contributed by atoms with Crippen molar-refractivity contribution in [1.29, 1.82) is 0 Å². The Bertz CT molecular complexity index is 4850. The minimum atomic E-state index is -0.863. The van der Waals surface area contributed by atoms with Gasteiger partial charge in [-0.3, -0.25) is 0 Å². The van der Waals surface area contributed by atoms with Crippen molar-refractivity contribution in [2.45, 2.75) is 13.3 Å². The van der Waals surface area contributed by atoms with E-state index in [9.17, 15) is 57.5 Å². The van der Waals surface area contributed by atoms with Gasteiger partial charge in [0.1, 0.15) is 40.2 Å². The maximum Gasteiger partial charge on any atom is 0.343 e. The van der Waals surface area contributed by atoms with Crippen molar-refractivity contribution in [2.24, 2.45) is 0 Å². The lowest BCUT2D eigenvalue weighted by Crippen LogP contribution is -2.12. The molecule has 9 rings (SSSR count). The van der Waals surface area contributed by atoms with Crippen molar-refractivity contribution in [3.63, 3.8) is 0 Å². The zero-order chi connectivity index (χ0) is 78.9. The predicted molar refractivity (Wildman–Crippen MR) is 396 cm³/mol. The molecule has 24 nitrogen and oxygen atoms in total. The van der Waals surface area contributed by atoms with Crippen LogP contribution in [-0.2, 0) is 49.5 Å². The Labute approximate surface area is 623 Å². The Morgan fingerprint density at radius 2 is 0.505 bits per heavy atom. The first-order valence-electron chi connectivity index (χ1n) is 32.0. The van der Waals surface area contributed by atoms with Crippen LogP contribution >= 0.6 is 0 Å². The van der Waals surface area contributed by atoms with Crippen LogP contribution in [-0.4, -0.2) is 78.2 Å². The second kappa shape index (κ2) is 40.4. The first kappa shape index (κ1) is 80.8. The smallest absolute Gasteiger partial charge is 0.343 e. The summed E-state index contributed by atoms with van der Waals surface area (Å²) in [7, 11) is 0. The topological polar surface area (TPSA) is 316 Å². The molecule has 0 spiro atoms. The molecule has 0 aromatic heterocycles. The average molecular weight is 1470 g/mol. The summed E-state index contributed by atoms with van der Waals surface area (Å²) in [4.78, 5) is 142. The predicted octanol–water partition coefficient (Wildman–Crippen LogP) is 14.6. The number of ether oxygens (including phenoxy) is 12. The van der Waals surface area contributed by atoms with Gasteiger partial charge in [0.2, 0.25) is 0 Å². The molecule has 9 aromatic carbocycles. The molecular weight excluding hydrogens is 1400 g/mol. The minimum Gasteiger partial charge on any atom is -0.462 e. The molecular formula is C85H64O24. The van der Waals surface area contributed by atoms with E-state index in [-0.39, 0.29) is 52.2 Å². The van der Waals surface area contributed by atoms with Crippen molar-refractivity contribution in [3.8, 4) is 85.5 Å². The zero-order valence-corrected chi connectivity index (χ0v) is 58.0. The first-order chi connectivity index (χ1) is 52.4. The van der Waals surface area contributed by atoms with E-state index >= 15 is 0 Å². The van der Waals surface area contributed by atoms with Gasteiger partial charge in [-0.2, -0.15) is 0 Å². The van der Waals surface area contributed by atoms with Gasteiger partial charge in [-0.1, -0.05) is 113 Å². The van der Waals surface area contributed by atoms with Crippen molar-refractivity contribution in [3.05, 3.63) is 335 Å². The molecule has 0 heterocycles. The van der Waals surface area contributed by atoms with E-state index in [0.29, 0.717) is 51.9 Å². The number of hydrogen-bond acceptors (Lipinski definition) is 24. The van der Waals surface area contributed by atoms with Crippen LogP contribution in [0.5, 0.6) is 63.2 Å². The Balaban J connectivity index is 0.000000232. The second-order valence-electron chi connectivity index (χ2n) is 21.7. The lowest BCUT2D eigenvalue weighted by Gasteiger charge is -2.11. The third kappa shape index (κ3) is 25.5. The Kier molecular flexibility index (Phi) is 30.0. The number of benzene rings is 9. The molecule has 0 bridgehead atoms. The molecule has 0 atom stereocenters. The molecule has 548 valence electrons. The molecule has 0 aliphatic heterocycles. The van der Waals surface area contributed by atoms with Gasteiger partial charge in [0, 0.05) is 54.5 Å². The van der Waals surface area contributed by atoms with Crippen LogP contribution in [0.15, 0.2) is 307 Å². The van der Waals surface area contributed by atoms with Gasteiger partial charge >= 0.3 is 71.6 Å². The summed E-state index contributed by atoms with van der Waals surface area (Å²) >= 11 is 0. The number of hydrogen-bond donors (Lipinski definition) is 0. The Hall–Kier alpha value is -15.5. The standard InChI is InChI=1S/C32H22O12.C28H24O6.C25H18O6/c1-5-27(33)41-23-15-9-19(17-25(23)43-29(35)7-3)31(37)39-21-11-13-22(14-12-21)40-32(38)20-10-16-24(42-28(34)6-2)26(18-20)44-30(36)8-4;1-4-26(29)33-24-13-5-20(6-14-24)17-18-32-28(31)23-9-7-21(8-10-23)22-11-15-25(16-12-22)34-27(30)19(2)3;1-3-23(26)29-20-11-5-17(6-12-20)18-7-13-22(14-8-18)31-25(28)19-9-15-21(16-10-19)30-24(27)4-2/h5-18H,1-4H2;4-16H,1-2,17-18H2,3H3;3-16H,1-2H2. The molecule has 0 N–H and O–H groups in total. The molecule has 0 aliphatic carbocycles. The molecule has 0 radical (unpaired) electrons. The summed E-state index contributed by atoms with van der Waals surface area (Å²) in [5.41, 5.74) is 5.55. The van der Waals surface area contributed by atoms with Crippen LogP contribution in [0.2, 0.25) is 0 Å². The highest BCUT2D eigenvalue weighted by molar-refractivity contribution is 5.96. The number of carbonyl (C=O) groups is 12. The van der Waals surface area contributed by atoms with E-state index in [1.807, 2.05) is 48.5 Å². The van der Waals surface area contributed by atoms with Crippen LogP contribution in [0.3, 0.4) is 0 Å². The van der Waals surface area contributed by atoms with Gasteiger partial charge in [0.05, 0.1) is 28.9 Å². The number of carbonyl (C=O) groups excluding carboxylic acids is 12. The fourth-order valence-electron chi connectivity index (χ4n) is 8.61. The van der Waals surface area contributed by atoms with Crippen LogP contribution in [0.4, 0.5) is 0 Å². The van der Waals surface area contributed by atoms with Gasteiger partial charge in [-0.15, -0.1) is 0 Å². The molecule has 24 heteroatoms. The van der Waals surface area contributed by atoms with E-state index in [2.05, 4.69) is 52.6 Å². The third-order valence-corrected chi connectivity index (χ3v) is 14.0. The lowest BCUT2D eigenvalue weighted by molar-refractivity contribution is -0.131. The van der Waals surface area contributed by atoms with Crippen LogP contribution in [0, 0.1) is 0 Å². The molecule has 109 heavy (non-hydrogen) atoms. The van der Waals surface area contributed by atoms with Crippen molar-refractivity contribution >= 4 is 71.6 Å². The molecule has 0 amide bonds. The fraction of sp³-hybridized carbons (Fsp3) is 0.0353. The highest BCUT2D eigenvalue weighted by Gasteiger charge is 2.21. The van der Waals surface area contributed by atoms with Crippen molar-refractivity contribution in [2.75, 3.05) is 6.61 Å². The quantitative estimate of drug-likeness (QED) is 0.0250. The molecule has 0 aliphatic rings. The summed E-state index contributed by atoms with van der Waals surface area (Å²) < 4.78 is 61.7. The monoisotopic (exact) mass is 1470 g/mol. The summed E-state index contributed by atoms with van der Waals surface area (Å²) in [5.74, 6) is -6.80. The van der Waals surface area contributed by atoms with Crippen LogP contribution in [0.1, 0.15) is 53.9 Å². The minimum absolute atomic E-state index is 0.0547. The molecule has 9 aromatic rings. The van der Waals surface area contributed by atoms with Crippen LogP contribution < -0.4 is 52.1 Å². The second-order valence-corrected chi connectivity index (χ2v) is 21.7. The van der Waals surface area contributed by atoms with E-state index in [1.54, 1.807) is 79.7 Å². The third-order valence-electron chi connectivity index (χ3n) is 14.0. The highest BCUT2D eigenvalue weighted by atomic mass is 16.6. The fourth-order valence-corrected chi connectivity index (χ4v) is 8.61.